The number of aliphatic hydroxyl groups is 2. The number of imidazole rings is 1. The summed E-state index contributed by atoms with van der Waals surface area (Å²) in [5, 5.41) is 21.5. The number of nitrogen functional groups attached to an aromatic ring is 1. The number of ether oxygens (including phenoxy) is 1. The van der Waals surface area contributed by atoms with Gasteiger partial charge in [-0.3, -0.25) is 9.09 Å². The highest BCUT2D eigenvalue weighted by atomic mass is 31.3. The Morgan fingerprint density at radius 1 is 1.24 bits per heavy atom. The molecular formula is C13H18N5O13P3. The lowest BCUT2D eigenvalue weighted by atomic mass is 9.93. The summed E-state index contributed by atoms with van der Waals surface area (Å²) in [4.78, 5) is 47.9. The zero-order valence-electron chi connectivity index (χ0n) is 16.8. The molecule has 34 heavy (non-hydrogen) atoms. The van der Waals surface area contributed by atoms with Crippen LogP contribution in [0.2, 0.25) is 0 Å². The molecule has 1 fully saturated rings. The van der Waals surface area contributed by atoms with Crippen LogP contribution in [0.1, 0.15) is 13.2 Å². The van der Waals surface area contributed by atoms with Crippen molar-refractivity contribution in [2.45, 2.75) is 37.1 Å². The summed E-state index contributed by atoms with van der Waals surface area (Å²) in [7, 11) is -16.9. The standard InChI is InChI=1S/C13H18N5O13P3/c1-3-13(20)9(19)8(6(2)29-33(24,25)31-34(26,27)30-32(21,22)23)28-11(13)18-5-16-7-4-15-12(14)17-10(7)18/h1,4-6,8-9,11,19-20H,2H3,(H,24,25)(H,26,27)(H2,14,15,17)(H2,21,22,23)/t6-,8+,9-,11+,13?/m0/s1. The molecule has 21 heteroatoms. The van der Waals surface area contributed by atoms with Gasteiger partial charge < -0.3 is 40.3 Å². The Balaban J connectivity index is 1.85. The second-order valence-corrected chi connectivity index (χ2v) is 11.2. The third-order valence-electron chi connectivity index (χ3n) is 4.42. The minimum atomic E-state index is -5.78. The van der Waals surface area contributed by atoms with E-state index < -0.39 is 53.6 Å². The van der Waals surface area contributed by atoms with E-state index in [4.69, 9.17) is 26.7 Å². The molecule has 0 radical (unpaired) electrons. The van der Waals surface area contributed by atoms with Crippen molar-refractivity contribution in [3.05, 3.63) is 12.5 Å². The largest absolute Gasteiger partial charge is 0.490 e. The predicted octanol–water partition coefficient (Wildman–Crippen LogP) is -1.24. The van der Waals surface area contributed by atoms with Gasteiger partial charge in [-0.2, -0.15) is 13.6 Å². The number of aromatic nitrogens is 4. The zero-order chi connectivity index (χ0) is 25.7. The Morgan fingerprint density at radius 2 is 1.88 bits per heavy atom. The van der Waals surface area contributed by atoms with Crippen molar-refractivity contribution in [2.75, 3.05) is 5.73 Å². The molecule has 18 nitrogen and oxygen atoms in total. The van der Waals surface area contributed by atoms with Gasteiger partial charge in [0.25, 0.3) is 0 Å². The fourth-order valence-corrected chi connectivity index (χ4v) is 6.31. The van der Waals surface area contributed by atoms with E-state index in [1.54, 1.807) is 0 Å². The van der Waals surface area contributed by atoms with E-state index in [9.17, 15) is 33.7 Å². The molecule has 0 aromatic carbocycles. The Hall–Kier alpha value is -1.80. The monoisotopic (exact) mass is 545 g/mol. The van der Waals surface area contributed by atoms with Crippen molar-refractivity contribution in [1.82, 2.24) is 19.5 Å². The van der Waals surface area contributed by atoms with Crippen LogP contribution < -0.4 is 5.73 Å². The van der Waals surface area contributed by atoms with Crippen molar-refractivity contribution in [3.63, 3.8) is 0 Å². The van der Waals surface area contributed by atoms with Gasteiger partial charge in [0.05, 0.1) is 18.6 Å². The van der Waals surface area contributed by atoms with Crippen LogP contribution in [0.25, 0.3) is 11.2 Å². The summed E-state index contributed by atoms with van der Waals surface area (Å²) in [6.07, 6.45) is 0.923. The summed E-state index contributed by atoms with van der Waals surface area (Å²) < 4.78 is 52.9. The molecule has 0 aliphatic carbocycles. The highest BCUT2D eigenvalue weighted by Crippen LogP contribution is 2.66. The predicted molar refractivity (Wildman–Crippen MR) is 108 cm³/mol. The molecule has 2 aromatic heterocycles. The van der Waals surface area contributed by atoms with Gasteiger partial charge in [-0.1, -0.05) is 5.92 Å². The van der Waals surface area contributed by atoms with Gasteiger partial charge in [-0.05, 0) is 6.92 Å². The van der Waals surface area contributed by atoms with E-state index in [1.807, 2.05) is 5.92 Å². The van der Waals surface area contributed by atoms with Crippen molar-refractivity contribution < 1.29 is 61.4 Å². The van der Waals surface area contributed by atoms with E-state index in [2.05, 4.69) is 28.1 Å². The van der Waals surface area contributed by atoms with Gasteiger partial charge in [0.1, 0.15) is 17.7 Å². The average Bonchev–Trinajstić information content (AvgIpc) is 3.17. The molecule has 188 valence electrons. The molecule has 3 rings (SSSR count). The minimum Gasteiger partial charge on any atom is -0.386 e. The summed E-state index contributed by atoms with van der Waals surface area (Å²) in [5.74, 6) is 1.81. The highest BCUT2D eigenvalue weighted by Gasteiger charge is 2.58. The number of phosphoric ester groups is 1. The maximum atomic E-state index is 12.1. The third-order valence-corrected chi connectivity index (χ3v) is 8.35. The molecule has 2 aromatic rings. The lowest BCUT2D eigenvalue weighted by Gasteiger charge is -2.27. The van der Waals surface area contributed by atoms with E-state index in [1.165, 1.54) is 6.20 Å². The molecule has 0 spiro atoms. The fourth-order valence-electron chi connectivity index (χ4n) is 3.11. The number of nitrogens with two attached hydrogens (primary N) is 1. The molecule has 8 N–H and O–H groups in total. The Kier molecular flexibility index (Phi) is 7.10. The maximum Gasteiger partial charge on any atom is 0.490 e. The molecule has 1 saturated heterocycles. The molecule has 1 aliphatic rings. The summed E-state index contributed by atoms with van der Waals surface area (Å²) in [6, 6.07) is 0. The highest BCUT2D eigenvalue weighted by molar-refractivity contribution is 7.66. The lowest BCUT2D eigenvalue weighted by molar-refractivity contribution is -0.0831. The average molecular weight is 545 g/mol. The first-order valence-electron chi connectivity index (χ1n) is 8.79. The topological polar surface area (TPSA) is 279 Å². The van der Waals surface area contributed by atoms with E-state index in [0.717, 1.165) is 17.8 Å². The molecule has 0 amide bonds. The van der Waals surface area contributed by atoms with E-state index in [0.29, 0.717) is 0 Å². The first-order chi connectivity index (χ1) is 15.5. The van der Waals surface area contributed by atoms with Crippen molar-refractivity contribution in [1.29, 1.82) is 0 Å². The van der Waals surface area contributed by atoms with Crippen LogP contribution >= 0.6 is 23.5 Å². The molecule has 3 unspecified atom stereocenters. The number of aliphatic hydroxyl groups excluding tert-OH is 1. The number of terminal acetylenes is 1. The first kappa shape index (κ1) is 26.8. The summed E-state index contributed by atoms with van der Waals surface area (Å²) in [5.41, 5.74) is 3.37. The van der Waals surface area contributed by atoms with Gasteiger partial charge in [0, 0.05) is 0 Å². The van der Waals surface area contributed by atoms with Crippen LogP contribution in [0.3, 0.4) is 0 Å². The Morgan fingerprint density at radius 3 is 2.47 bits per heavy atom. The lowest BCUT2D eigenvalue weighted by Crippen LogP contribution is -2.47. The van der Waals surface area contributed by atoms with Gasteiger partial charge >= 0.3 is 23.5 Å². The molecule has 0 bridgehead atoms. The normalized spacial score (nSPS) is 29.9. The number of rotatable bonds is 8. The number of nitrogens with zero attached hydrogens (tertiary/aromatic N) is 4. The molecular weight excluding hydrogens is 527 g/mol. The SMILES string of the molecule is C#CC1(O)[C@@H](O)[C@@H]([C@H](C)OP(=O)(O)OP(=O)(O)OP(=O)(O)O)O[C@H]1n1cnc2cnc(N)nc21. The third kappa shape index (κ3) is 5.54. The van der Waals surface area contributed by atoms with Crippen LogP contribution in [0, 0.1) is 12.3 Å². The number of anilines is 1. The Bertz CT molecular complexity index is 1270. The van der Waals surface area contributed by atoms with Gasteiger partial charge in [-0.25, -0.2) is 23.7 Å². The van der Waals surface area contributed by atoms with Gasteiger partial charge in [0.15, 0.2) is 17.5 Å². The van der Waals surface area contributed by atoms with Gasteiger partial charge in [0.2, 0.25) is 5.95 Å². The molecule has 3 heterocycles. The molecule has 7 atom stereocenters. The smallest absolute Gasteiger partial charge is 0.386 e. The van der Waals surface area contributed by atoms with Crippen LogP contribution in [-0.4, -0.2) is 73.2 Å². The van der Waals surface area contributed by atoms with Crippen LogP contribution in [0.15, 0.2) is 12.5 Å². The number of phosphoric acid groups is 3. The van der Waals surface area contributed by atoms with Crippen LogP contribution in [-0.2, 0) is 31.6 Å². The summed E-state index contributed by atoms with van der Waals surface area (Å²) in [6.45, 7) is 1.04. The van der Waals surface area contributed by atoms with E-state index in [-0.39, 0.29) is 17.1 Å². The number of fused-ring (bicyclic) bond motifs is 1. The number of hydrogen-bond donors (Lipinski definition) is 7. The molecule has 0 saturated carbocycles. The minimum absolute atomic E-state index is 0.0552. The van der Waals surface area contributed by atoms with Crippen LogP contribution in [0.5, 0.6) is 0 Å². The molecule has 1 aliphatic heterocycles. The quantitative estimate of drug-likeness (QED) is 0.151. The van der Waals surface area contributed by atoms with E-state index >= 15 is 0 Å². The van der Waals surface area contributed by atoms with Crippen molar-refractivity contribution in [2.24, 2.45) is 0 Å². The fraction of sp³-hybridized carbons (Fsp3) is 0.462. The second kappa shape index (κ2) is 9.01. The number of hydrogen-bond acceptors (Lipinski definition) is 13. The second-order valence-electron chi connectivity index (χ2n) is 6.86. The first-order valence-corrected chi connectivity index (χ1v) is 13.3. The summed E-state index contributed by atoms with van der Waals surface area (Å²) >= 11 is 0. The van der Waals surface area contributed by atoms with Crippen molar-refractivity contribution >= 4 is 40.6 Å². The van der Waals surface area contributed by atoms with Crippen LogP contribution in [0.4, 0.5) is 5.95 Å². The Labute approximate surface area is 189 Å². The zero-order valence-corrected chi connectivity index (χ0v) is 19.5. The van der Waals surface area contributed by atoms with Gasteiger partial charge in [-0.15, -0.1) is 6.42 Å². The van der Waals surface area contributed by atoms with Crippen molar-refractivity contribution in [3.8, 4) is 12.3 Å². The maximum absolute atomic E-state index is 12.1.